The maximum Gasteiger partial charge on any atom is 0.338 e. The van der Waals surface area contributed by atoms with Crippen molar-refractivity contribution in [3.05, 3.63) is 59.7 Å². The summed E-state index contributed by atoms with van der Waals surface area (Å²) in [6.45, 7) is 4.18. The van der Waals surface area contributed by atoms with Crippen molar-refractivity contribution >= 4 is 17.3 Å². The summed E-state index contributed by atoms with van der Waals surface area (Å²) in [4.78, 5) is 11.8. The van der Waals surface area contributed by atoms with Crippen LogP contribution in [0.15, 0.2) is 48.5 Å². The van der Waals surface area contributed by atoms with Gasteiger partial charge in [0.2, 0.25) is 0 Å². The quantitative estimate of drug-likeness (QED) is 0.650. The normalized spacial score (nSPS) is 11.7. The van der Waals surface area contributed by atoms with E-state index in [2.05, 4.69) is 5.32 Å². The van der Waals surface area contributed by atoms with E-state index in [9.17, 15) is 4.79 Å². The maximum atomic E-state index is 11.8. The van der Waals surface area contributed by atoms with Crippen LogP contribution in [-0.2, 0) is 4.74 Å². The monoisotopic (exact) mass is 284 g/mol. The first-order valence-electron chi connectivity index (χ1n) is 7.00. The lowest BCUT2D eigenvalue weighted by Crippen LogP contribution is -2.10. The van der Waals surface area contributed by atoms with Gasteiger partial charge in [-0.05, 0) is 37.6 Å². The molecule has 0 spiro atoms. The summed E-state index contributed by atoms with van der Waals surface area (Å²) in [6, 6.07) is 15.3. The van der Waals surface area contributed by atoms with Gasteiger partial charge >= 0.3 is 5.97 Å². The third-order valence-electron chi connectivity index (χ3n) is 3.24. The van der Waals surface area contributed by atoms with Gasteiger partial charge in [0.25, 0.3) is 0 Å². The highest BCUT2D eigenvalue weighted by Gasteiger charge is 2.11. The number of carbonyl (C=O) groups excluding carboxylic acids is 1. The molecule has 2 aromatic rings. The number of nitrogens with one attached hydrogen (secondary N) is 1. The van der Waals surface area contributed by atoms with Crippen molar-refractivity contribution in [3.63, 3.8) is 0 Å². The Bertz CT molecular complexity index is 611. The third kappa shape index (κ3) is 3.75. The van der Waals surface area contributed by atoms with Crippen molar-refractivity contribution in [1.29, 1.82) is 0 Å². The Morgan fingerprint density at radius 2 is 1.95 bits per heavy atom. The average molecular weight is 284 g/mol. The highest BCUT2D eigenvalue weighted by Crippen LogP contribution is 2.25. The highest BCUT2D eigenvalue weighted by atomic mass is 16.5. The van der Waals surface area contributed by atoms with Crippen molar-refractivity contribution in [2.45, 2.75) is 19.9 Å². The number of nitrogen functional groups attached to an aromatic ring is 1. The second-order valence-electron chi connectivity index (χ2n) is 4.80. The zero-order valence-corrected chi connectivity index (χ0v) is 12.3. The lowest BCUT2D eigenvalue weighted by molar-refractivity contribution is 0.0526. The number of esters is 1. The standard InChI is InChI=1S/C17H20N2O2/c1-3-21-17(20)14-9-10-15(18)16(11-14)19-12(2)13-7-5-4-6-8-13/h4-12,19H,3,18H2,1-2H3. The summed E-state index contributed by atoms with van der Waals surface area (Å²) in [5.41, 5.74) is 8.96. The van der Waals surface area contributed by atoms with E-state index in [1.807, 2.05) is 37.3 Å². The molecule has 0 heterocycles. The predicted octanol–water partition coefficient (Wildman–Crippen LogP) is 3.62. The van der Waals surface area contributed by atoms with Crippen molar-refractivity contribution in [2.24, 2.45) is 0 Å². The Hall–Kier alpha value is -2.49. The van der Waals surface area contributed by atoms with E-state index >= 15 is 0 Å². The van der Waals surface area contributed by atoms with Crippen LogP contribution in [0.1, 0.15) is 35.8 Å². The van der Waals surface area contributed by atoms with Crippen LogP contribution in [0.2, 0.25) is 0 Å². The Morgan fingerprint density at radius 1 is 1.24 bits per heavy atom. The van der Waals surface area contributed by atoms with Crippen LogP contribution in [0.4, 0.5) is 11.4 Å². The number of nitrogens with two attached hydrogens (primary N) is 1. The number of ether oxygens (including phenoxy) is 1. The zero-order valence-electron chi connectivity index (χ0n) is 12.3. The Balaban J connectivity index is 2.19. The minimum atomic E-state index is -0.340. The third-order valence-corrected chi connectivity index (χ3v) is 3.24. The molecule has 2 aromatic carbocycles. The minimum Gasteiger partial charge on any atom is -0.462 e. The Morgan fingerprint density at radius 3 is 2.62 bits per heavy atom. The molecule has 3 N–H and O–H groups in total. The van der Waals surface area contributed by atoms with E-state index in [1.165, 1.54) is 0 Å². The van der Waals surface area contributed by atoms with Crippen LogP contribution < -0.4 is 11.1 Å². The molecular formula is C17H20N2O2. The molecule has 21 heavy (non-hydrogen) atoms. The Kier molecular flexibility index (Phi) is 4.82. The molecule has 4 heteroatoms. The number of anilines is 2. The summed E-state index contributed by atoms with van der Waals surface area (Å²) in [5, 5.41) is 3.33. The van der Waals surface area contributed by atoms with E-state index in [1.54, 1.807) is 25.1 Å². The van der Waals surface area contributed by atoms with Gasteiger partial charge in [-0.25, -0.2) is 4.79 Å². The molecule has 0 aliphatic carbocycles. The molecule has 0 fully saturated rings. The van der Waals surface area contributed by atoms with E-state index in [-0.39, 0.29) is 12.0 Å². The van der Waals surface area contributed by atoms with E-state index in [4.69, 9.17) is 10.5 Å². The van der Waals surface area contributed by atoms with Gasteiger partial charge in [0.1, 0.15) is 0 Å². The SMILES string of the molecule is CCOC(=O)c1ccc(N)c(NC(C)c2ccccc2)c1. The van der Waals surface area contributed by atoms with Crippen LogP contribution in [-0.4, -0.2) is 12.6 Å². The summed E-state index contributed by atoms with van der Waals surface area (Å²) in [6.07, 6.45) is 0. The average Bonchev–Trinajstić information content (AvgIpc) is 2.50. The largest absolute Gasteiger partial charge is 0.462 e. The summed E-state index contributed by atoms with van der Waals surface area (Å²) >= 11 is 0. The maximum absolute atomic E-state index is 11.8. The van der Waals surface area contributed by atoms with Crippen LogP contribution in [0.3, 0.4) is 0 Å². The molecule has 110 valence electrons. The molecule has 0 saturated heterocycles. The first kappa shape index (κ1) is 14.9. The van der Waals surface area contributed by atoms with Gasteiger partial charge in [0, 0.05) is 6.04 Å². The fraction of sp³-hybridized carbons (Fsp3) is 0.235. The molecule has 0 aromatic heterocycles. The number of benzene rings is 2. The summed E-state index contributed by atoms with van der Waals surface area (Å²) in [7, 11) is 0. The number of hydrogen-bond acceptors (Lipinski definition) is 4. The zero-order chi connectivity index (χ0) is 15.2. The fourth-order valence-corrected chi connectivity index (χ4v) is 2.08. The summed E-state index contributed by atoms with van der Waals surface area (Å²) < 4.78 is 5.00. The lowest BCUT2D eigenvalue weighted by atomic mass is 10.1. The van der Waals surface area contributed by atoms with Crippen molar-refractivity contribution in [2.75, 3.05) is 17.7 Å². The van der Waals surface area contributed by atoms with Gasteiger partial charge < -0.3 is 15.8 Å². The van der Waals surface area contributed by atoms with E-state index < -0.39 is 0 Å². The van der Waals surface area contributed by atoms with Crippen LogP contribution in [0.5, 0.6) is 0 Å². The van der Waals surface area contributed by atoms with Crippen molar-refractivity contribution in [3.8, 4) is 0 Å². The molecule has 1 atom stereocenters. The smallest absolute Gasteiger partial charge is 0.338 e. The van der Waals surface area contributed by atoms with Gasteiger partial charge in [-0.15, -0.1) is 0 Å². The number of rotatable bonds is 5. The predicted molar refractivity (Wildman–Crippen MR) is 85.3 cm³/mol. The summed E-state index contributed by atoms with van der Waals surface area (Å²) in [5.74, 6) is -0.340. The topological polar surface area (TPSA) is 64.3 Å². The molecule has 0 saturated carbocycles. The van der Waals surface area contributed by atoms with Crippen molar-refractivity contribution in [1.82, 2.24) is 0 Å². The second kappa shape index (κ2) is 6.79. The Labute approximate surface area is 124 Å². The minimum absolute atomic E-state index is 0.0888. The van der Waals surface area contributed by atoms with Crippen LogP contribution >= 0.6 is 0 Å². The molecule has 1 unspecified atom stereocenters. The van der Waals surface area contributed by atoms with Gasteiger partial charge in [-0.1, -0.05) is 30.3 Å². The van der Waals surface area contributed by atoms with E-state index in [0.717, 1.165) is 11.3 Å². The molecular weight excluding hydrogens is 264 g/mol. The highest BCUT2D eigenvalue weighted by molar-refractivity contribution is 5.92. The van der Waals surface area contributed by atoms with Gasteiger partial charge in [-0.3, -0.25) is 0 Å². The molecule has 0 radical (unpaired) electrons. The molecule has 4 nitrogen and oxygen atoms in total. The molecule has 0 aliphatic rings. The lowest BCUT2D eigenvalue weighted by Gasteiger charge is -2.18. The number of hydrogen-bond donors (Lipinski definition) is 2. The fourth-order valence-electron chi connectivity index (χ4n) is 2.08. The van der Waals surface area contributed by atoms with Crippen LogP contribution in [0, 0.1) is 0 Å². The van der Waals surface area contributed by atoms with Crippen LogP contribution in [0.25, 0.3) is 0 Å². The molecule has 2 rings (SSSR count). The van der Waals surface area contributed by atoms with E-state index in [0.29, 0.717) is 17.9 Å². The van der Waals surface area contributed by atoms with Gasteiger partial charge in [-0.2, -0.15) is 0 Å². The molecule has 0 bridgehead atoms. The molecule has 0 aliphatic heterocycles. The first-order valence-corrected chi connectivity index (χ1v) is 7.00. The van der Waals surface area contributed by atoms with Gasteiger partial charge in [0.05, 0.1) is 23.5 Å². The first-order chi connectivity index (χ1) is 10.1. The molecule has 0 amide bonds. The number of carbonyl (C=O) groups is 1. The van der Waals surface area contributed by atoms with Gasteiger partial charge in [0.15, 0.2) is 0 Å². The second-order valence-corrected chi connectivity index (χ2v) is 4.80. The van der Waals surface area contributed by atoms with Crippen molar-refractivity contribution < 1.29 is 9.53 Å².